The first kappa shape index (κ1) is 18.8. The highest BCUT2D eigenvalue weighted by Crippen LogP contribution is 2.21. The molecule has 0 atom stereocenters. The van der Waals surface area contributed by atoms with Crippen LogP contribution in [0.25, 0.3) is 0 Å². The summed E-state index contributed by atoms with van der Waals surface area (Å²) in [7, 11) is -2.33. The summed E-state index contributed by atoms with van der Waals surface area (Å²) in [5, 5.41) is 2.61. The first-order valence-corrected chi connectivity index (χ1v) is 9.07. The summed E-state index contributed by atoms with van der Waals surface area (Å²) in [6, 6.07) is 12.5. The van der Waals surface area contributed by atoms with Gasteiger partial charge >= 0.3 is 0 Å². The average Bonchev–Trinajstić information content (AvgIpc) is 2.56. The molecule has 2 rings (SSSR count). The topological polar surface area (TPSA) is 93.7 Å². The molecule has 0 saturated carbocycles. The fourth-order valence-electron chi connectivity index (χ4n) is 2.08. The zero-order valence-corrected chi connectivity index (χ0v) is 14.8. The fraction of sp³-hybridized carbons (Fsp3) is 0.235. The molecule has 25 heavy (non-hydrogen) atoms. The molecule has 2 aromatic carbocycles. The summed E-state index contributed by atoms with van der Waals surface area (Å²) < 4.78 is 37.4. The SMILES string of the molecule is CCOc1ccc(S(=O)(=O)Nc2cccc(NC(=O)COC)c2)cc1. The minimum atomic E-state index is -3.74. The number of carbonyl (C=O) groups excluding carboxylic acids is 1. The molecule has 7 nitrogen and oxygen atoms in total. The summed E-state index contributed by atoms with van der Waals surface area (Å²) in [6.07, 6.45) is 0. The van der Waals surface area contributed by atoms with Gasteiger partial charge in [0.25, 0.3) is 10.0 Å². The standard InChI is InChI=1S/C17H20N2O5S/c1-3-24-15-7-9-16(10-8-15)25(21,22)19-14-6-4-5-13(11-14)18-17(20)12-23-2/h4-11,19H,3,12H2,1-2H3,(H,18,20). The molecule has 0 heterocycles. The van der Waals surface area contributed by atoms with Crippen molar-refractivity contribution in [2.75, 3.05) is 30.4 Å². The summed E-state index contributed by atoms with van der Waals surface area (Å²) in [5.74, 6) is 0.276. The Kier molecular flexibility index (Phi) is 6.37. The van der Waals surface area contributed by atoms with Gasteiger partial charge in [-0.2, -0.15) is 0 Å². The molecule has 0 aromatic heterocycles. The summed E-state index contributed by atoms with van der Waals surface area (Å²) in [6.45, 7) is 2.28. The average molecular weight is 364 g/mol. The molecular weight excluding hydrogens is 344 g/mol. The number of methoxy groups -OCH3 is 1. The predicted octanol–water partition coefficient (Wildman–Crippen LogP) is 2.47. The molecule has 0 spiro atoms. The van der Waals surface area contributed by atoms with Crippen LogP contribution in [0, 0.1) is 0 Å². The van der Waals surface area contributed by atoms with E-state index in [1.165, 1.54) is 25.3 Å². The van der Waals surface area contributed by atoms with Gasteiger partial charge in [0.2, 0.25) is 5.91 Å². The van der Waals surface area contributed by atoms with Crippen LogP contribution < -0.4 is 14.8 Å². The van der Waals surface area contributed by atoms with Crippen molar-refractivity contribution in [1.82, 2.24) is 0 Å². The third-order valence-electron chi connectivity index (χ3n) is 3.12. The minimum absolute atomic E-state index is 0.0812. The summed E-state index contributed by atoms with van der Waals surface area (Å²) >= 11 is 0. The van der Waals surface area contributed by atoms with Crippen molar-refractivity contribution in [2.24, 2.45) is 0 Å². The largest absolute Gasteiger partial charge is 0.494 e. The van der Waals surface area contributed by atoms with E-state index in [2.05, 4.69) is 10.0 Å². The fourth-order valence-corrected chi connectivity index (χ4v) is 3.13. The number of sulfonamides is 1. The molecule has 2 aromatic rings. The highest BCUT2D eigenvalue weighted by atomic mass is 32.2. The molecule has 1 amide bonds. The Bertz CT molecular complexity index is 819. The van der Waals surface area contributed by atoms with Crippen LogP contribution in [0.1, 0.15) is 6.92 Å². The molecule has 0 aliphatic carbocycles. The van der Waals surface area contributed by atoms with Crippen LogP contribution in [-0.4, -0.2) is 34.6 Å². The molecule has 0 fully saturated rings. The normalized spacial score (nSPS) is 11.0. The zero-order valence-electron chi connectivity index (χ0n) is 14.0. The zero-order chi connectivity index (χ0) is 18.3. The van der Waals surface area contributed by atoms with Gasteiger partial charge in [0.1, 0.15) is 12.4 Å². The summed E-state index contributed by atoms with van der Waals surface area (Å²) in [4.78, 5) is 11.6. The van der Waals surface area contributed by atoms with E-state index in [-0.39, 0.29) is 17.4 Å². The molecule has 0 aliphatic rings. The molecule has 134 valence electrons. The van der Waals surface area contributed by atoms with E-state index in [1.54, 1.807) is 30.3 Å². The van der Waals surface area contributed by atoms with Crippen molar-refractivity contribution < 1.29 is 22.7 Å². The number of amides is 1. The maximum atomic E-state index is 12.4. The second-order valence-corrected chi connectivity index (χ2v) is 6.75. The lowest BCUT2D eigenvalue weighted by atomic mass is 10.3. The highest BCUT2D eigenvalue weighted by molar-refractivity contribution is 7.92. The van der Waals surface area contributed by atoms with E-state index in [4.69, 9.17) is 9.47 Å². The second kappa shape index (κ2) is 8.50. The van der Waals surface area contributed by atoms with Gasteiger partial charge in [0.15, 0.2) is 0 Å². The molecular formula is C17H20N2O5S. The van der Waals surface area contributed by atoms with Crippen LogP contribution in [0.4, 0.5) is 11.4 Å². The van der Waals surface area contributed by atoms with Crippen LogP contribution in [0.3, 0.4) is 0 Å². The number of nitrogens with one attached hydrogen (secondary N) is 2. The Morgan fingerprint density at radius 3 is 2.40 bits per heavy atom. The Morgan fingerprint density at radius 2 is 1.76 bits per heavy atom. The van der Waals surface area contributed by atoms with Gasteiger partial charge in [-0.3, -0.25) is 9.52 Å². The number of benzene rings is 2. The van der Waals surface area contributed by atoms with Gasteiger partial charge in [0, 0.05) is 12.8 Å². The van der Waals surface area contributed by atoms with Gasteiger partial charge in [-0.05, 0) is 49.4 Å². The van der Waals surface area contributed by atoms with Crippen LogP contribution in [0.15, 0.2) is 53.4 Å². The lowest BCUT2D eigenvalue weighted by molar-refractivity contribution is -0.119. The number of carbonyl (C=O) groups is 1. The van der Waals surface area contributed by atoms with E-state index in [9.17, 15) is 13.2 Å². The molecule has 0 radical (unpaired) electrons. The first-order chi connectivity index (χ1) is 11.9. The first-order valence-electron chi connectivity index (χ1n) is 7.59. The number of ether oxygens (including phenoxy) is 2. The van der Waals surface area contributed by atoms with Crippen LogP contribution in [0.5, 0.6) is 5.75 Å². The second-order valence-electron chi connectivity index (χ2n) is 5.07. The lowest BCUT2D eigenvalue weighted by Gasteiger charge is -2.11. The smallest absolute Gasteiger partial charge is 0.261 e. The molecule has 0 unspecified atom stereocenters. The Morgan fingerprint density at radius 1 is 1.08 bits per heavy atom. The van der Waals surface area contributed by atoms with E-state index in [0.717, 1.165) is 0 Å². The highest BCUT2D eigenvalue weighted by Gasteiger charge is 2.14. The third-order valence-corrected chi connectivity index (χ3v) is 4.52. The quantitative estimate of drug-likeness (QED) is 0.750. The Labute approximate surface area is 147 Å². The molecule has 8 heteroatoms. The van der Waals surface area contributed by atoms with E-state index < -0.39 is 10.0 Å². The van der Waals surface area contributed by atoms with Crippen LogP contribution in [0.2, 0.25) is 0 Å². The summed E-state index contributed by atoms with van der Waals surface area (Å²) in [5.41, 5.74) is 0.804. The monoisotopic (exact) mass is 364 g/mol. The Hall–Kier alpha value is -2.58. The molecule has 0 aliphatic heterocycles. The maximum Gasteiger partial charge on any atom is 0.261 e. The Balaban J connectivity index is 2.13. The van der Waals surface area contributed by atoms with Gasteiger partial charge < -0.3 is 14.8 Å². The van der Waals surface area contributed by atoms with Crippen molar-refractivity contribution >= 4 is 27.3 Å². The predicted molar refractivity (Wildman–Crippen MR) is 95.4 cm³/mol. The van der Waals surface area contributed by atoms with Gasteiger partial charge in [-0.1, -0.05) is 6.07 Å². The van der Waals surface area contributed by atoms with E-state index >= 15 is 0 Å². The third kappa shape index (κ3) is 5.47. The molecule has 0 bridgehead atoms. The van der Waals surface area contributed by atoms with Crippen molar-refractivity contribution in [3.63, 3.8) is 0 Å². The van der Waals surface area contributed by atoms with Crippen molar-refractivity contribution in [2.45, 2.75) is 11.8 Å². The number of hydrogen-bond acceptors (Lipinski definition) is 5. The minimum Gasteiger partial charge on any atom is -0.494 e. The van der Waals surface area contributed by atoms with Crippen LogP contribution >= 0.6 is 0 Å². The van der Waals surface area contributed by atoms with Gasteiger partial charge in [0.05, 0.1) is 17.2 Å². The van der Waals surface area contributed by atoms with E-state index in [0.29, 0.717) is 23.7 Å². The molecule has 2 N–H and O–H groups in total. The van der Waals surface area contributed by atoms with Crippen molar-refractivity contribution in [3.8, 4) is 5.75 Å². The maximum absolute atomic E-state index is 12.4. The van der Waals surface area contributed by atoms with Crippen LogP contribution in [-0.2, 0) is 19.6 Å². The number of anilines is 2. The number of rotatable bonds is 8. The van der Waals surface area contributed by atoms with E-state index in [1.807, 2.05) is 6.92 Å². The van der Waals surface area contributed by atoms with Gasteiger partial charge in [-0.25, -0.2) is 8.42 Å². The lowest BCUT2D eigenvalue weighted by Crippen LogP contribution is -2.17. The number of hydrogen-bond donors (Lipinski definition) is 2. The van der Waals surface area contributed by atoms with Crippen molar-refractivity contribution in [3.05, 3.63) is 48.5 Å². The van der Waals surface area contributed by atoms with Crippen molar-refractivity contribution in [1.29, 1.82) is 0 Å². The molecule has 0 saturated heterocycles. The van der Waals surface area contributed by atoms with Gasteiger partial charge in [-0.15, -0.1) is 0 Å².